The fourth-order valence-electron chi connectivity index (χ4n) is 4.41. The lowest BCUT2D eigenvalue weighted by molar-refractivity contribution is 0.415. The number of ether oxygens (including phenoxy) is 1. The Balaban J connectivity index is 1.74. The third-order valence-corrected chi connectivity index (χ3v) is 6.08. The van der Waals surface area contributed by atoms with Gasteiger partial charge in [-0.1, -0.05) is 49.4 Å². The summed E-state index contributed by atoms with van der Waals surface area (Å²) in [5, 5.41) is 5.03. The van der Waals surface area contributed by atoms with Crippen LogP contribution in [0.1, 0.15) is 41.9 Å². The lowest BCUT2D eigenvalue weighted by atomic mass is 9.95. The molecule has 0 saturated heterocycles. The van der Waals surface area contributed by atoms with Crippen LogP contribution in [-0.4, -0.2) is 27.6 Å². The highest BCUT2D eigenvalue weighted by Crippen LogP contribution is 2.42. The standard InChI is InChI=1S/C27H26N4O/c1-4-22-26(19-12-14-20(32-3)15-13-19)27-29-24(21-10-6-5-9-18(21)2)17-25(31(27)30-22)23-11-7-8-16-28-23/h5-16,25H,4,17H2,1-3H3/t25-/m0/s1. The lowest BCUT2D eigenvalue weighted by Gasteiger charge is -2.25. The molecule has 2 aromatic carbocycles. The van der Waals surface area contributed by atoms with Crippen molar-refractivity contribution in [3.63, 3.8) is 0 Å². The number of methoxy groups -OCH3 is 1. The van der Waals surface area contributed by atoms with E-state index < -0.39 is 0 Å². The van der Waals surface area contributed by atoms with Crippen molar-refractivity contribution >= 4 is 11.5 Å². The summed E-state index contributed by atoms with van der Waals surface area (Å²) < 4.78 is 7.43. The molecule has 1 aliphatic heterocycles. The summed E-state index contributed by atoms with van der Waals surface area (Å²) in [6, 6.07) is 22.7. The Kier molecular flexibility index (Phi) is 5.31. The van der Waals surface area contributed by atoms with E-state index in [-0.39, 0.29) is 6.04 Å². The Morgan fingerprint density at radius 3 is 2.47 bits per heavy atom. The largest absolute Gasteiger partial charge is 0.497 e. The molecule has 0 unspecified atom stereocenters. The van der Waals surface area contributed by atoms with E-state index in [0.717, 1.165) is 52.6 Å². The van der Waals surface area contributed by atoms with Gasteiger partial charge in [-0.15, -0.1) is 0 Å². The van der Waals surface area contributed by atoms with E-state index in [1.807, 2.05) is 30.5 Å². The summed E-state index contributed by atoms with van der Waals surface area (Å²) in [6.45, 7) is 4.28. The molecule has 1 atom stereocenters. The van der Waals surface area contributed by atoms with Crippen molar-refractivity contribution < 1.29 is 4.74 Å². The Labute approximate surface area is 188 Å². The second-order valence-electron chi connectivity index (χ2n) is 8.02. The van der Waals surface area contributed by atoms with Crippen LogP contribution in [-0.2, 0) is 6.42 Å². The first kappa shape index (κ1) is 20.2. The molecule has 0 N–H and O–H groups in total. The Morgan fingerprint density at radius 2 is 1.78 bits per heavy atom. The quantitative estimate of drug-likeness (QED) is 0.400. The van der Waals surface area contributed by atoms with Crippen molar-refractivity contribution in [1.29, 1.82) is 0 Å². The van der Waals surface area contributed by atoms with Crippen LogP contribution in [0.2, 0.25) is 0 Å². The van der Waals surface area contributed by atoms with Crippen molar-refractivity contribution in [2.75, 3.05) is 7.11 Å². The van der Waals surface area contributed by atoms with Gasteiger partial charge in [-0.25, -0.2) is 9.67 Å². The van der Waals surface area contributed by atoms with Crippen LogP contribution in [0, 0.1) is 6.92 Å². The van der Waals surface area contributed by atoms with Crippen LogP contribution >= 0.6 is 0 Å². The van der Waals surface area contributed by atoms with E-state index in [1.165, 1.54) is 11.1 Å². The third kappa shape index (κ3) is 3.50. The first-order valence-electron chi connectivity index (χ1n) is 11.0. The van der Waals surface area contributed by atoms with Crippen LogP contribution in [0.25, 0.3) is 11.1 Å². The zero-order chi connectivity index (χ0) is 22.1. The molecule has 0 radical (unpaired) electrons. The molecule has 0 saturated carbocycles. The van der Waals surface area contributed by atoms with Crippen LogP contribution in [0.5, 0.6) is 5.75 Å². The number of benzene rings is 2. The molecule has 5 nitrogen and oxygen atoms in total. The molecule has 160 valence electrons. The van der Waals surface area contributed by atoms with Crippen molar-refractivity contribution in [3.8, 4) is 16.9 Å². The minimum absolute atomic E-state index is 0.00407. The maximum atomic E-state index is 5.36. The Bertz CT molecular complexity index is 1270. The fourth-order valence-corrected chi connectivity index (χ4v) is 4.41. The maximum Gasteiger partial charge on any atom is 0.159 e. The molecule has 0 bridgehead atoms. The molecule has 0 aliphatic carbocycles. The smallest absolute Gasteiger partial charge is 0.159 e. The average molecular weight is 423 g/mol. The van der Waals surface area contributed by atoms with Crippen molar-refractivity contribution in [2.45, 2.75) is 32.7 Å². The number of hydrogen-bond acceptors (Lipinski definition) is 4. The highest BCUT2D eigenvalue weighted by Gasteiger charge is 2.31. The summed E-state index contributed by atoms with van der Waals surface area (Å²) in [7, 11) is 1.69. The number of aliphatic imine (C=N–C) groups is 1. The number of fused-ring (bicyclic) bond motifs is 1. The van der Waals surface area contributed by atoms with Gasteiger partial charge < -0.3 is 4.74 Å². The third-order valence-electron chi connectivity index (χ3n) is 6.08. The molecule has 3 heterocycles. The molecular weight excluding hydrogens is 396 g/mol. The summed E-state index contributed by atoms with van der Waals surface area (Å²) in [4.78, 5) is 9.88. The second kappa shape index (κ2) is 8.42. The summed E-state index contributed by atoms with van der Waals surface area (Å²) >= 11 is 0. The molecule has 5 rings (SSSR count). The zero-order valence-corrected chi connectivity index (χ0v) is 18.6. The van der Waals surface area contributed by atoms with Gasteiger partial charge >= 0.3 is 0 Å². The van der Waals surface area contributed by atoms with E-state index in [4.69, 9.17) is 14.8 Å². The number of aromatic nitrogens is 3. The molecule has 2 aromatic heterocycles. The number of rotatable bonds is 5. The molecule has 5 heteroatoms. The summed E-state index contributed by atoms with van der Waals surface area (Å²) in [5.74, 6) is 1.73. The molecule has 0 fully saturated rings. The second-order valence-corrected chi connectivity index (χ2v) is 8.02. The van der Waals surface area contributed by atoms with Gasteiger partial charge in [0.05, 0.1) is 24.2 Å². The van der Waals surface area contributed by atoms with Gasteiger partial charge in [0.25, 0.3) is 0 Å². The minimum atomic E-state index is -0.00407. The first-order valence-corrected chi connectivity index (χ1v) is 11.0. The van der Waals surface area contributed by atoms with Gasteiger partial charge in [0, 0.05) is 18.2 Å². The summed E-state index contributed by atoms with van der Waals surface area (Å²) in [5.41, 5.74) is 7.70. The van der Waals surface area contributed by atoms with Gasteiger partial charge in [-0.05, 0) is 54.3 Å². The normalized spacial score (nSPS) is 15.2. The zero-order valence-electron chi connectivity index (χ0n) is 18.6. The van der Waals surface area contributed by atoms with E-state index in [9.17, 15) is 0 Å². The number of nitrogens with zero attached hydrogens (tertiary/aromatic N) is 4. The predicted octanol–water partition coefficient (Wildman–Crippen LogP) is 5.94. The van der Waals surface area contributed by atoms with Crippen LogP contribution in [0.15, 0.2) is 77.9 Å². The minimum Gasteiger partial charge on any atom is -0.497 e. The molecule has 4 aromatic rings. The van der Waals surface area contributed by atoms with Crippen molar-refractivity contribution in [2.24, 2.45) is 4.99 Å². The Hall–Kier alpha value is -3.73. The average Bonchev–Trinajstić information content (AvgIpc) is 3.23. The molecule has 1 aliphatic rings. The lowest BCUT2D eigenvalue weighted by Crippen LogP contribution is -2.22. The highest BCUT2D eigenvalue weighted by molar-refractivity contribution is 6.05. The van der Waals surface area contributed by atoms with Crippen molar-refractivity contribution in [1.82, 2.24) is 14.8 Å². The molecular formula is C27H26N4O. The van der Waals surface area contributed by atoms with Crippen LogP contribution in [0.3, 0.4) is 0 Å². The van der Waals surface area contributed by atoms with Gasteiger partial charge in [-0.2, -0.15) is 5.10 Å². The van der Waals surface area contributed by atoms with Gasteiger partial charge in [-0.3, -0.25) is 4.98 Å². The van der Waals surface area contributed by atoms with Gasteiger partial charge in [0.15, 0.2) is 5.82 Å². The van der Waals surface area contributed by atoms with E-state index in [0.29, 0.717) is 0 Å². The number of aryl methyl sites for hydroxylation is 2. The number of hydrogen-bond donors (Lipinski definition) is 0. The topological polar surface area (TPSA) is 52.3 Å². The summed E-state index contributed by atoms with van der Waals surface area (Å²) in [6.07, 6.45) is 3.43. The van der Waals surface area contributed by atoms with Gasteiger partial charge in [0.2, 0.25) is 0 Å². The van der Waals surface area contributed by atoms with E-state index >= 15 is 0 Å². The number of pyridine rings is 1. The van der Waals surface area contributed by atoms with Crippen LogP contribution in [0.4, 0.5) is 5.82 Å². The Morgan fingerprint density at radius 1 is 1.00 bits per heavy atom. The van der Waals surface area contributed by atoms with E-state index in [1.54, 1.807) is 7.11 Å². The van der Waals surface area contributed by atoms with Gasteiger partial charge in [0.1, 0.15) is 11.8 Å². The fraction of sp³-hybridized carbons (Fsp3) is 0.222. The first-order chi connectivity index (χ1) is 15.7. The monoisotopic (exact) mass is 422 g/mol. The van der Waals surface area contributed by atoms with Crippen LogP contribution < -0.4 is 4.74 Å². The molecule has 0 spiro atoms. The van der Waals surface area contributed by atoms with Crippen molar-refractivity contribution in [3.05, 3.63) is 95.4 Å². The SMILES string of the molecule is CCc1nn2c(c1-c1ccc(OC)cc1)N=C(c1ccccc1C)C[C@H]2c1ccccn1. The van der Waals surface area contributed by atoms with E-state index in [2.05, 4.69) is 66.0 Å². The highest BCUT2D eigenvalue weighted by atomic mass is 16.5. The predicted molar refractivity (Wildman–Crippen MR) is 128 cm³/mol. The maximum absolute atomic E-state index is 5.36. The molecule has 32 heavy (non-hydrogen) atoms. The molecule has 0 amide bonds.